The molecule has 0 N–H and O–H groups in total. The molecule has 0 spiro atoms. The van der Waals surface area contributed by atoms with E-state index in [1.165, 1.54) is 24.8 Å². The molecule has 0 aromatic heterocycles. The van der Waals surface area contributed by atoms with Crippen molar-refractivity contribution in [2.75, 3.05) is 7.09 Å². The van der Waals surface area contributed by atoms with Crippen molar-refractivity contribution >= 4 is 0 Å². The largest absolute Gasteiger partial charge is 0.377 e. The van der Waals surface area contributed by atoms with Gasteiger partial charge in [-0.2, -0.15) is 0 Å². The highest BCUT2D eigenvalue weighted by Gasteiger charge is 2.08. The fourth-order valence-electron chi connectivity index (χ4n) is 1.59. The van der Waals surface area contributed by atoms with E-state index in [2.05, 4.69) is 19.1 Å². The molecule has 1 unspecified atom stereocenters. The monoisotopic (exact) mass is 193 g/mol. The quantitative estimate of drug-likeness (QED) is 0.621. The average molecular weight is 193 g/mol. The first kappa shape index (κ1) is 9.72. The SMILES string of the molecule is [2H]COC(CCCCC)c1ccccc1. The van der Waals surface area contributed by atoms with Gasteiger partial charge in [-0.05, 0) is 12.0 Å². The first-order chi connectivity index (χ1) is 7.38. The zero-order valence-corrected chi connectivity index (χ0v) is 8.91. The van der Waals surface area contributed by atoms with Gasteiger partial charge in [0.05, 0.1) is 7.47 Å². The molecule has 0 aliphatic carbocycles. The van der Waals surface area contributed by atoms with Crippen molar-refractivity contribution in [2.24, 2.45) is 0 Å². The van der Waals surface area contributed by atoms with Crippen LogP contribution in [0.5, 0.6) is 0 Å². The minimum atomic E-state index is 0.0473. The van der Waals surface area contributed by atoms with Crippen LogP contribution in [-0.2, 0) is 4.74 Å². The number of ether oxygens (including phenoxy) is 1. The number of rotatable bonds is 6. The van der Waals surface area contributed by atoms with Crippen LogP contribution in [0.1, 0.15) is 45.6 Å². The molecule has 0 amide bonds. The summed E-state index contributed by atoms with van der Waals surface area (Å²) in [5, 5.41) is 0. The zero-order valence-electron chi connectivity index (χ0n) is 9.91. The van der Waals surface area contributed by atoms with E-state index in [0.29, 0.717) is 0 Å². The van der Waals surface area contributed by atoms with Gasteiger partial charge in [0, 0.05) is 7.09 Å². The van der Waals surface area contributed by atoms with Gasteiger partial charge in [-0.25, -0.2) is 0 Å². The molecule has 0 bridgehead atoms. The van der Waals surface area contributed by atoms with Gasteiger partial charge >= 0.3 is 0 Å². The van der Waals surface area contributed by atoms with Gasteiger partial charge in [-0.1, -0.05) is 56.5 Å². The molecule has 1 aromatic carbocycles. The van der Waals surface area contributed by atoms with Crippen LogP contribution in [0.4, 0.5) is 0 Å². The van der Waals surface area contributed by atoms with Gasteiger partial charge in [0.15, 0.2) is 0 Å². The molecule has 1 nitrogen and oxygen atoms in total. The molecular formula is C13H20O. The summed E-state index contributed by atoms with van der Waals surface area (Å²) in [4.78, 5) is 0. The van der Waals surface area contributed by atoms with E-state index in [9.17, 15) is 0 Å². The average Bonchev–Trinajstić information content (AvgIpc) is 2.29. The van der Waals surface area contributed by atoms with E-state index in [0.717, 1.165) is 6.42 Å². The normalized spacial score (nSPS) is 13.6. The lowest BCUT2D eigenvalue weighted by atomic mass is 10.0. The molecule has 0 heterocycles. The number of hydrogen-bond acceptors (Lipinski definition) is 1. The number of hydrogen-bond donors (Lipinski definition) is 0. The molecule has 0 saturated heterocycles. The molecule has 1 aromatic rings. The molecule has 0 aliphatic heterocycles. The summed E-state index contributed by atoms with van der Waals surface area (Å²) >= 11 is 0. The van der Waals surface area contributed by atoms with Gasteiger partial charge in [-0.3, -0.25) is 0 Å². The third-order valence-corrected chi connectivity index (χ3v) is 2.44. The Morgan fingerprint density at radius 1 is 1.29 bits per heavy atom. The molecular weight excluding hydrogens is 172 g/mol. The lowest BCUT2D eigenvalue weighted by Crippen LogP contribution is -2.00. The number of methoxy groups -OCH3 is 1. The molecule has 1 rings (SSSR count). The predicted octanol–water partition coefficient (Wildman–Crippen LogP) is 3.95. The maximum absolute atomic E-state index is 7.14. The summed E-state index contributed by atoms with van der Waals surface area (Å²) in [7, 11) is 0.0473. The number of unbranched alkanes of at least 4 members (excludes halogenated alkanes) is 2. The molecule has 14 heavy (non-hydrogen) atoms. The van der Waals surface area contributed by atoms with Gasteiger partial charge in [0.2, 0.25) is 0 Å². The van der Waals surface area contributed by atoms with Gasteiger partial charge in [0.1, 0.15) is 0 Å². The van der Waals surface area contributed by atoms with Crippen LogP contribution in [0.25, 0.3) is 0 Å². The van der Waals surface area contributed by atoms with E-state index in [-0.39, 0.29) is 13.2 Å². The minimum Gasteiger partial charge on any atom is -0.377 e. The maximum atomic E-state index is 7.14. The van der Waals surface area contributed by atoms with Crippen LogP contribution in [0, 0.1) is 0 Å². The van der Waals surface area contributed by atoms with Crippen molar-refractivity contribution in [3.8, 4) is 0 Å². The van der Waals surface area contributed by atoms with Crippen molar-refractivity contribution in [1.29, 1.82) is 0 Å². The third kappa shape index (κ3) is 3.51. The molecule has 0 aliphatic rings. The Morgan fingerprint density at radius 3 is 2.71 bits per heavy atom. The predicted molar refractivity (Wildman–Crippen MR) is 60.3 cm³/mol. The summed E-state index contributed by atoms with van der Waals surface area (Å²) in [5.74, 6) is 0. The maximum Gasteiger partial charge on any atom is 0.0821 e. The second-order valence-corrected chi connectivity index (χ2v) is 3.56. The summed E-state index contributed by atoms with van der Waals surface area (Å²) in [6.07, 6.45) is 4.77. The van der Waals surface area contributed by atoms with E-state index in [1.54, 1.807) is 0 Å². The van der Waals surface area contributed by atoms with Crippen molar-refractivity contribution in [3.63, 3.8) is 0 Å². The second kappa shape index (κ2) is 6.61. The molecule has 1 heteroatoms. The standard InChI is InChI=1S/C13H20O/c1-3-4-6-11-13(14-2)12-9-7-5-8-10-12/h5,7-10,13H,3-4,6,11H2,1-2H3/i2D. The van der Waals surface area contributed by atoms with Crippen molar-refractivity contribution in [2.45, 2.75) is 38.7 Å². The summed E-state index contributed by atoms with van der Waals surface area (Å²) < 4.78 is 12.6. The minimum absolute atomic E-state index is 0.0473. The van der Waals surface area contributed by atoms with Crippen LogP contribution in [0.15, 0.2) is 30.3 Å². The summed E-state index contributed by atoms with van der Waals surface area (Å²) in [6.45, 7) is 2.20. The lowest BCUT2D eigenvalue weighted by Gasteiger charge is -2.15. The highest BCUT2D eigenvalue weighted by atomic mass is 16.5. The van der Waals surface area contributed by atoms with E-state index < -0.39 is 0 Å². The molecule has 0 fully saturated rings. The van der Waals surface area contributed by atoms with Crippen molar-refractivity contribution < 1.29 is 6.11 Å². The second-order valence-electron chi connectivity index (χ2n) is 3.56. The van der Waals surface area contributed by atoms with Gasteiger partial charge in [-0.15, -0.1) is 0 Å². The van der Waals surface area contributed by atoms with E-state index in [1.807, 2.05) is 18.2 Å². The van der Waals surface area contributed by atoms with Crippen molar-refractivity contribution in [1.82, 2.24) is 0 Å². The molecule has 0 radical (unpaired) electrons. The Labute approximate surface area is 88.5 Å². The van der Waals surface area contributed by atoms with Crippen molar-refractivity contribution in [3.05, 3.63) is 35.9 Å². The Bertz CT molecular complexity index is 248. The van der Waals surface area contributed by atoms with E-state index >= 15 is 0 Å². The first-order valence-electron chi connectivity index (χ1n) is 6.05. The Balaban J connectivity index is 2.50. The highest BCUT2D eigenvalue weighted by Crippen LogP contribution is 2.22. The van der Waals surface area contributed by atoms with Crippen LogP contribution in [0.3, 0.4) is 0 Å². The Morgan fingerprint density at radius 2 is 2.07 bits per heavy atom. The zero-order chi connectivity index (χ0) is 10.9. The van der Waals surface area contributed by atoms with Crippen LogP contribution in [0.2, 0.25) is 0 Å². The Kier molecular flexibility index (Phi) is 4.59. The molecule has 0 saturated carbocycles. The van der Waals surface area contributed by atoms with Gasteiger partial charge in [0.25, 0.3) is 0 Å². The van der Waals surface area contributed by atoms with E-state index in [4.69, 9.17) is 6.11 Å². The molecule has 78 valence electrons. The smallest absolute Gasteiger partial charge is 0.0821 e. The lowest BCUT2D eigenvalue weighted by molar-refractivity contribution is 0.0932. The highest BCUT2D eigenvalue weighted by molar-refractivity contribution is 5.17. The summed E-state index contributed by atoms with van der Waals surface area (Å²) in [5.41, 5.74) is 1.20. The Hall–Kier alpha value is -0.820. The summed E-state index contributed by atoms with van der Waals surface area (Å²) in [6, 6.07) is 10.2. The topological polar surface area (TPSA) is 9.23 Å². The first-order valence-corrected chi connectivity index (χ1v) is 5.34. The van der Waals surface area contributed by atoms with Gasteiger partial charge < -0.3 is 4.74 Å². The number of benzene rings is 1. The fourth-order valence-corrected chi connectivity index (χ4v) is 1.59. The van der Waals surface area contributed by atoms with Crippen LogP contribution in [-0.4, -0.2) is 7.09 Å². The van der Waals surface area contributed by atoms with Crippen LogP contribution < -0.4 is 0 Å². The fraction of sp³-hybridized carbons (Fsp3) is 0.538. The van der Waals surface area contributed by atoms with Crippen LogP contribution >= 0.6 is 0 Å². The third-order valence-electron chi connectivity index (χ3n) is 2.44. The molecule has 1 atom stereocenters.